The number of H-pyrrole nitrogens is 1. The van der Waals surface area contributed by atoms with Crippen LogP contribution in [-0.2, 0) is 4.74 Å². The summed E-state index contributed by atoms with van der Waals surface area (Å²) < 4.78 is 5.09. The van der Waals surface area contributed by atoms with E-state index >= 15 is 0 Å². The van der Waals surface area contributed by atoms with Crippen LogP contribution in [0.4, 0.5) is 0 Å². The molecule has 4 aromatic rings. The number of hydrogen-bond acceptors (Lipinski definition) is 7. The molecule has 0 saturated heterocycles. The van der Waals surface area contributed by atoms with Gasteiger partial charge in [-0.3, -0.25) is 4.79 Å². The molecule has 4 rings (SSSR count). The van der Waals surface area contributed by atoms with E-state index in [1.807, 2.05) is 43.3 Å². The van der Waals surface area contributed by atoms with E-state index in [1.165, 1.54) is 23.1 Å². The van der Waals surface area contributed by atoms with Crippen molar-refractivity contribution >= 4 is 50.2 Å². The number of para-hydroxylation sites is 1. The van der Waals surface area contributed by atoms with Crippen LogP contribution in [0.15, 0.2) is 46.2 Å². The van der Waals surface area contributed by atoms with Crippen molar-refractivity contribution in [3.8, 4) is 0 Å². The maximum Gasteiger partial charge on any atom is 0.348 e. The summed E-state index contributed by atoms with van der Waals surface area (Å²) in [5, 5.41) is 2.27. The molecule has 1 N–H and O–H groups in total. The van der Waals surface area contributed by atoms with Crippen molar-refractivity contribution in [1.29, 1.82) is 0 Å². The quantitative estimate of drug-likeness (QED) is 0.363. The van der Waals surface area contributed by atoms with Crippen LogP contribution in [0.25, 0.3) is 21.1 Å². The predicted octanol–water partition coefficient (Wildman–Crippen LogP) is 4.87. The number of aromatic nitrogens is 3. The van der Waals surface area contributed by atoms with Crippen molar-refractivity contribution in [2.75, 3.05) is 6.61 Å². The van der Waals surface area contributed by atoms with Gasteiger partial charge in [0.2, 0.25) is 0 Å². The number of ether oxygens (including phenoxy) is 1. The monoisotopic (exact) mass is 425 g/mol. The number of nitrogens with zero attached hydrogens (tertiary/aromatic N) is 2. The third-order valence-electron chi connectivity index (χ3n) is 4.54. The highest BCUT2D eigenvalue weighted by molar-refractivity contribution is 7.99. The first-order valence-corrected chi connectivity index (χ1v) is 10.9. The normalized spacial score (nSPS) is 12.4. The van der Waals surface area contributed by atoms with Gasteiger partial charge in [0, 0.05) is 5.39 Å². The summed E-state index contributed by atoms with van der Waals surface area (Å²) in [7, 11) is 0. The lowest BCUT2D eigenvalue weighted by atomic mass is 10.2. The van der Waals surface area contributed by atoms with E-state index in [-0.39, 0.29) is 17.4 Å². The Labute approximate surface area is 175 Å². The lowest BCUT2D eigenvalue weighted by molar-refractivity contribution is 0.0531. The van der Waals surface area contributed by atoms with Gasteiger partial charge in [-0.25, -0.2) is 14.8 Å². The van der Waals surface area contributed by atoms with Crippen molar-refractivity contribution in [1.82, 2.24) is 15.0 Å². The summed E-state index contributed by atoms with van der Waals surface area (Å²) in [6.07, 6.45) is 0. The largest absolute Gasteiger partial charge is 0.462 e. The molecule has 1 aromatic carbocycles. The molecule has 3 aromatic heterocycles. The number of rotatable bonds is 5. The molecule has 6 nitrogen and oxygen atoms in total. The van der Waals surface area contributed by atoms with Gasteiger partial charge in [-0.2, -0.15) is 0 Å². The van der Waals surface area contributed by atoms with Gasteiger partial charge in [0.05, 0.1) is 27.8 Å². The maximum atomic E-state index is 12.7. The molecule has 0 saturated carbocycles. The van der Waals surface area contributed by atoms with E-state index in [0.29, 0.717) is 26.5 Å². The third kappa shape index (κ3) is 3.77. The average Bonchev–Trinajstić information content (AvgIpc) is 3.05. The second kappa shape index (κ2) is 7.96. The summed E-state index contributed by atoms with van der Waals surface area (Å²) >= 11 is 2.72. The molecule has 0 radical (unpaired) electrons. The van der Waals surface area contributed by atoms with Gasteiger partial charge >= 0.3 is 5.97 Å². The summed E-state index contributed by atoms with van der Waals surface area (Å²) in [4.78, 5) is 38.0. The molecule has 0 amide bonds. The highest BCUT2D eigenvalue weighted by Crippen LogP contribution is 2.34. The molecule has 3 heterocycles. The van der Waals surface area contributed by atoms with Crippen molar-refractivity contribution in [2.45, 2.75) is 31.0 Å². The minimum atomic E-state index is -0.420. The standard InChI is InChI=1S/C21H19N3O3S2/c1-4-27-21(26)17-11(2)16-19(25)23-18(24-20(16)29-17)12(3)28-15-10-9-13-7-5-6-8-14(13)22-15/h5-10,12H,4H2,1-3H3,(H,23,24,25). The number of esters is 1. The third-order valence-corrected chi connectivity index (χ3v) is 6.75. The van der Waals surface area contributed by atoms with Crippen LogP contribution >= 0.6 is 23.1 Å². The van der Waals surface area contributed by atoms with Crippen LogP contribution in [-0.4, -0.2) is 27.5 Å². The van der Waals surface area contributed by atoms with Crippen LogP contribution < -0.4 is 5.56 Å². The molecule has 29 heavy (non-hydrogen) atoms. The van der Waals surface area contributed by atoms with Crippen LogP contribution in [0.5, 0.6) is 0 Å². The molecule has 0 fully saturated rings. The second-order valence-electron chi connectivity index (χ2n) is 6.51. The molecule has 0 aliphatic heterocycles. The second-order valence-corrected chi connectivity index (χ2v) is 8.87. The molecule has 0 aliphatic carbocycles. The number of thiophene rings is 1. The summed E-state index contributed by atoms with van der Waals surface area (Å²) in [5.41, 5.74) is 1.29. The highest BCUT2D eigenvalue weighted by atomic mass is 32.2. The first-order valence-electron chi connectivity index (χ1n) is 9.20. The van der Waals surface area contributed by atoms with E-state index in [4.69, 9.17) is 4.74 Å². The lowest BCUT2D eigenvalue weighted by Crippen LogP contribution is -2.13. The van der Waals surface area contributed by atoms with Crippen LogP contribution in [0.3, 0.4) is 0 Å². The van der Waals surface area contributed by atoms with Gasteiger partial charge in [-0.05, 0) is 38.5 Å². The Hall–Kier alpha value is -2.71. The molecule has 148 valence electrons. The number of thioether (sulfide) groups is 1. The molecule has 0 aliphatic rings. The number of hydrogen-bond donors (Lipinski definition) is 1. The van der Waals surface area contributed by atoms with Crippen LogP contribution in [0.2, 0.25) is 0 Å². The Kier molecular flexibility index (Phi) is 5.38. The fourth-order valence-electron chi connectivity index (χ4n) is 3.09. The fourth-order valence-corrected chi connectivity index (χ4v) is 5.06. The number of fused-ring (bicyclic) bond motifs is 2. The van der Waals surface area contributed by atoms with Gasteiger partial charge in [0.1, 0.15) is 15.5 Å². The first kappa shape index (κ1) is 19.6. The van der Waals surface area contributed by atoms with E-state index in [0.717, 1.165) is 15.9 Å². The molecule has 1 atom stereocenters. The van der Waals surface area contributed by atoms with E-state index in [1.54, 1.807) is 13.8 Å². The molecule has 0 bridgehead atoms. The zero-order valence-electron chi connectivity index (χ0n) is 16.2. The topological polar surface area (TPSA) is 84.9 Å². The number of aryl methyl sites for hydroxylation is 1. The minimum Gasteiger partial charge on any atom is -0.462 e. The molecular formula is C21H19N3O3S2. The molecular weight excluding hydrogens is 406 g/mol. The van der Waals surface area contributed by atoms with Crippen LogP contribution in [0.1, 0.15) is 40.2 Å². The zero-order chi connectivity index (χ0) is 20.5. The summed E-state index contributed by atoms with van der Waals surface area (Å²) in [6.45, 7) is 5.76. The number of pyridine rings is 1. The predicted molar refractivity (Wildman–Crippen MR) is 117 cm³/mol. The lowest BCUT2D eigenvalue weighted by Gasteiger charge is -2.10. The van der Waals surface area contributed by atoms with Crippen molar-refractivity contribution < 1.29 is 9.53 Å². The van der Waals surface area contributed by atoms with Crippen molar-refractivity contribution in [3.63, 3.8) is 0 Å². The van der Waals surface area contributed by atoms with E-state index < -0.39 is 5.97 Å². The van der Waals surface area contributed by atoms with Gasteiger partial charge in [0.15, 0.2) is 0 Å². The van der Waals surface area contributed by atoms with Gasteiger partial charge < -0.3 is 9.72 Å². The van der Waals surface area contributed by atoms with Crippen molar-refractivity contribution in [2.24, 2.45) is 0 Å². The Morgan fingerprint density at radius 3 is 2.83 bits per heavy atom. The summed E-state index contributed by atoms with van der Waals surface area (Å²) in [5.74, 6) is 0.135. The smallest absolute Gasteiger partial charge is 0.348 e. The molecule has 0 spiro atoms. The number of benzene rings is 1. The Morgan fingerprint density at radius 1 is 1.24 bits per heavy atom. The number of carbonyl (C=O) groups is 1. The Balaban J connectivity index is 1.67. The molecule has 8 heteroatoms. The zero-order valence-corrected chi connectivity index (χ0v) is 17.8. The van der Waals surface area contributed by atoms with Gasteiger partial charge in [-0.15, -0.1) is 11.3 Å². The minimum absolute atomic E-state index is 0.116. The van der Waals surface area contributed by atoms with E-state index in [2.05, 4.69) is 15.0 Å². The number of aromatic amines is 1. The highest BCUT2D eigenvalue weighted by Gasteiger charge is 2.21. The SMILES string of the molecule is CCOC(=O)c1sc2nc(C(C)Sc3ccc4ccccc4n3)[nH]c(=O)c2c1C. The molecule has 1 unspecified atom stereocenters. The van der Waals surface area contributed by atoms with Crippen LogP contribution in [0, 0.1) is 6.92 Å². The van der Waals surface area contributed by atoms with Crippen molar-refractivity contribution in [3.05, 3.63) is 63.0 Å². The average molecular weight is 426 g/mol. The Morgan fingerprint density at radius 2 is 2.03 bits per heavy atom. The summed E-state index contributed by atoms with van der Waals surface area (Å²) in [6, 6.07) is 11.9. The number of nitrogens with one attached hydrogen (secondary N) is 1. The Bertz CT molecular complexity index is 1280. The van der Waals surface area contributed by atoms with E-state index in [9.17, 15) is 9.59 Å². The fraction of sp³-hybridized carbons (Fsp3) is 0.238. The number of carbonyl (C=O) groups excluding carboxylic acids is 1. The van der Waals surface area contributed by atoms with Gasteiger partial charge in [0.25, 0.3) is 5.56 Å². The first-order chi connectivity index (χ1) is 14.0. The maximum absolute atomic E-state index is 12.7. The van der Waals surface area contributed by atoms with Gasteiger partial charge in [-0.1, -0.05) is 36.0 Å².